The van der Waals surface area contributed by atoms with Crippen molar-refractivity contribution in [2.24, 2.45) is 0 Å². The Morgan fingerprint density at radius 2 is 1.85 bits per heavy atom. The van der Waals surface area contributed by atoms with Crippen LogP contribution < -0.4 is 5.32 Å². The smallest absolute Gasteiger partial charge is 0.252 e. The lowest BCUT2D eigenvalue weighted by Crippen LogP contribution is -2.34. The molecule has 4 heteroatoms. The van der Waals surface area contributed by atoms with Gasteiger partial charge in [0.2, 0.25) is 0 Å². The number of hydrogen-bond donors (Lipinski definition) is 1. The number of carbonyl (C=O) groups excluding carboxylic acids is 1. The zero-order valence-electron chi connectivity index (χ0n) is 10.7. The number of nitrogens with one attached hydrogen (secondary N) is 1. The van der Waals surface area contributed by atoms with Crippen LogP contribution >= 0.6 is 27.5 Å². The van der Waals surface area contributed by atoms with Gasteiger partial charge in [-0.2, -0.15) is 0 Å². The van der Waals surface area contributed by atoms with Gasteiger partial charge in [-0.15, -0.1) is 0 Å². The Kier molecular flexibility index (Phi) is 3.57. The summed E-state index contributed by atoms with van der Waals surface area (Å²) in [6.45, 7) is 0. The van der Waals surface area contributed by atoms with E-state index in [2.05, 4.69) is 33.4 Å². The lowest BCUT2D eigenvalue weighted by atomic mass is 10.0. The van der Waals surface area contributed by atoms with Crippen LogP contribution in [0.15, 0.2) is 53.0 Å². The summed E-state index contributed by atoms with van der Waals surface area (Å²) in [4.78, 5) is 12.3. The molecule has 1 N–H and O–H groups in total. The number of benzene rings is 2. The fourth-order valence-electron chi connectivity index (χ4n) is 2.30. The van der Waals surface area contributed by atoms with Crippen LogP contribution in [-0.4, -0.2) is 5.91 Å². The fraction of sp³-hybridized carbons (Fsp3) is 0.188. The van der Waals surface area contributed by atoms with Crippen LogP contribution in [0.1, 0.15) is 28.8 Å². The maximum absolute atomic E-state index is 12.3. The van der Waals surface area contributed by atoms with Crippen molar-refractivity contribution in [1.29, 1.82) is 0 Å². The van der Waals surface area contributed by atoms with E-state index in [-0.39, 0.29) is 11.4 Å². The number of rotatable bonds is 3. The molecule has 0 saturated heterocycles. The fourth-order valence-corrected chi connectivity index (χ4v) is 2.75. The molecule has 0 aliphatic heterocycles. The molecule has 1 amide bonds. The van der Waals surface area contributed by atoms with E-state index in [0.717, 1.165) is 22.9 Å². The van der Waals surface area contributed by atoms with E-state index in [1.807, 2.05) is 12.1 Å². The highest BCUT2D eigenvalue weighted by molar-refractivity contribution is 9.10. The Balaban J connectivity index is 1.80. The Morgan fingerprint density at radius 3 is 2.45 bits per heavy atom. The largest absolute Gasteiger partial charge is 0.343 e. The molecule has 0 atom stereocenters. The molecule has 0 radical (unpaired) electrons. The second-order valence-electron chi connectivity index (χ2n) is 5.05. The zero-order chi connectivity index (χ0) is 14.2. The average Bonchev–Trinajstić information content (AvgIpc) is 3.20. The summed E-state index contributed by atoms with van der Waals surface area (Å²) < 4.78 is 1.04. The first-order chi connectivity index (χ1) is 9.59. The monoisotopic (exact) mass is 349 g/mol. The van der Waals surface area contributed by atoms with Gasteiger partial charge < -0.3 is 5.32 Å². The van der Waals surface area contributed by atoms with Crippen molar-refractivity contribution in [1.82, 2.24) is 5.32 Å². The molecule has 0 aromatic heterocycles. The molecular formula is C16H13BrClNO. The van der Waals surface area contributed by atoms with Crippen LogP contribution in [0.5, 0.6) is 0 Å². The molecule has 1 aliphatic carbocycles. The van der Waals surface area contributed by atoms with Gasteiger partial charge in [0.05, 0.1) is 5.54 Å². The molecule has 3 rings (SSSR count). The van der Waals surface area contributed by atoms with Crippen LogP contribution in [0.3, 0.4) is 0 Å². The molecule has 2 aromatic rings. The minimum absolute atomic E-state index is 0.0760. The van der Waals surface area contributed by atoms with Crippen molar-refractivity contribution < 1.29 is 4.79 Å². The van der Waals surface area contributed by atoms with Crippen LogP contribution in [0.4, 0.5) is 0 Å². The summed E-state index contributed by atoms with van der Waals surface area (Å²) >= 11 is 9.35. The van der Waals surface area contributed by atoms with Crippen molar-refractivity contribution in [2.75, 3.05) is 0 Å². The van der Waals surface area contributed by atoms with Crippen molar-refractivity contribution in [2.45, 2.75) is 18.4 Å². The van der Waals surface area contributed by atoms with Crippen molar-refractivity contribution in [3.63, 3.8) is 0 Å². The number of halogens is 2. The van der Waals surface area contributed by atoms with Gasteiger partial charge in [-0.25, -0.2) is 0 Å². The molecule has 0 bridgehead atoms. The van der Waals surface area contributed by atoms with Gasteiger partial charge in [0.1, 0.15) is 0 Å². The molecule has 2 aromatic carbocycles. The van der Waals surface area contributed by atoms with Gasteiger partial charge in [-0.3, -0.25) is 4.79 Å². The summed E-state index contributed by atoms with van der Waals surface area (Å²) in [6.07, 6.45) is 1.95. The van der Waals surface area contributed by atoms with Gasteiger partial charge in [0, 0.05) is 15.1 Å². The molecule has 1 aliphatic rings. The highest BCUT2D eigenvalue weighted by Gasteiger charge is 2.45. The predicted molar refractivity (Wildman–Crippen MR) is 84.0 cm³/mol. The van der Waals surface area contributed by atoms with E-state index < -0.39 is 0 Å². The Bertz CT molecular complexity index is 650. The molecule has 2 nitrogen and oxygen atoms in total. The van der Waals surface area contributed by atoms with E-state index >= 15 is 0 Å². The third-order valence-electron chi connectivity index (χ3n) is 3.59. The Labute approximate surface area is 131 Å². The lowest BCUT2D eigenvalue weighted by Gasteiger charge is -2.18. The van der Waals surface area contributed by atoms with Gasteiger partial charge in [-0.05, 0) is 48.7 Å². The van der Waals surface area contributed by atoms with E-state index in [1.165, 1.54) is 0 Å². The molecule has 0 unspecified atom stereocenters. The molecule has 0 heterocycles. The third kappa shape index (κ3) is 2.74. The van der Waals surface area contributed by atoms with Crippen LogP contribution in [0.2, 0.25) is 5.02 Å². The summed E-state index contributed by atoms with van der Waals surface area (Å²) in [5.41, 5.74) is 1.54. The molecule has 1 fully saturated rings. The molecular weight excluding hydrogens is 338 g/mol. The molecule has 102 valence electrons. The summed E-state index contributed by atoms with van der Waals surface area (Å²) in [5, 5.41) is 3.71. The van der Waals surface area contributed by atoms with Crippen LogP contribution in [-0.2, 0) is 5.54 Å². The quantitative estimate of drug-likeness (QED) is 0.866. The number of carbonyl (C=O) groups is 1. The summed E-state index contributed by atoms with van der Waals surface area (Å²) in [5.74, 6) is -0.0760. The average molecular weight is 351 g/mol. The standard InChI is InChI=1S/C16H13BrClNO/c17-13-6-4-12(5-7-13)16(8-9-16)19-15(20)11-2-1-3-14(18)10-11/h1-7,10H,8-9H2,(H,19,20). The third-order valence-corrected chi connectivity index (χ3v) is 4.35. The molecule has 1 saturated carbocycles. The normalized spacial score (nSPS) is 15.7. The first-order valence-corrected chi connectivity index (χ1v) is 7.60. The summed E-state index contributed by atoms with van der Waals surface area (Å²) in [6, 6.07) is 15.1. The highest BCUT2D eigenvalue weighted by atomic mass is 79.9. The zero-order valence-corrected chi connectivity index (χ0v) is 13.0. The minimum atomic E-state index is -0.208. The highest BCUT2D eigenvalue weighted by Crippen LogP contribution is 2.45. The van der Waals surface area contributed by atoms with Crippen LogP contribution in [0.25, 0.3) is 0 Å². The minimum Gasteiger partial charge on any atom is -0.343 e. The second-order valence-corrected chi connectivity index (χ2v) is 6.41. The predicted octanol–water partition coefficient (Wildman–Crippen LogP) is 4.52. The van der Waals surface area contributed by atoms with E-state index in [0.29, 0.717) is 10.6 Å². The van der Waals surface area contributed by atoms with Gasteiger partial charge in [0.15, 0.2) is 0 Å². The second kappa shape index (κ2) is 5.23. The Hall–Kier alpha value is -1.32. The van der Waals surface area contributed by atoms with Gasteiger partial charge in [0.25, 0.3) is 5.91 Å². The number of amides is 1. The first kappa shape index (κ1) is 13.7. The Morgan fingerprint density at radius 1 is 1.15 bits per heavy atom. The van der Waals surface area contributed by atoms with Crippen molar-refractivity contribution in [3.05, 3.63) is 69.2 Å². The topological polar surface area (TPSA) is 29.1 Å². The van der Waals surface area contributed by atoms with Crippen molar-refractivity contribution >= 4 is 33.4 Å². The van der Waals surface area contributed by atoms with Crippen LogP contribution in [0, 0.1) is 0 Å². The SMILES string of the molecule is O=C(NC1(c2ccc(Br)cc2)CC1)c1cccc(Cl)c1. The summed E-state index contributed by atoms with van der Waals surface area (Å²) in [7, 11) is 0. The molecule has 0 spiro atoms. The van der Waals surface area contributed by atoms with E-state index in [9.17, 15) is 4.79 Å². The lowest BCUT2D eigenvalue weighted by molar-refractivity contribution is 0.0931. The number of hydrogen-bond acceptors (Lipinski definition) is 1. The first-order valence-electron chi connectivity index (χ1n) is 6.43. The van der Waals surface area contributed by atoms with Gasteiger partial charge >= 0.3 is 0 Å². The van der Waals surface area contributed by atoms with E-state index in [1.54, 1.807) is 24.3 Å². The maximum Gasteiger partial charge on any atom is 0.252 e. The maximum atomic E-state index is 12.3. The van der Waals surface area contributed by atoms with E-state index in [4.69, 9.17) is 11.6 Å². The van der Waals surface area contributed by atoms with Gasteiger partial charge in [-0.1, -0.05) is 45.7 Å². The molecule has 20 heavy (non-hydrogen) atoms. The van der Waals surface area contributed by atoms with Crippen molar-refractivity contribution in [3.8, 4) is 0 Å².